The number of hydrogen-bond donors (Lipinski definition) is 0. The fourth-order valence-electron chi connectivity index (χ4n) is 2.07. The summed E-state index contributed by atoms with van der Waals surface area (Å²) in [5, 5.41) is 4.33. The number of halogens is 2. The van der Waals surface area contributed by atoms with E-state index >= 15 is 0 Å². The molecule has 0 N–H and O–H groups in total. The summed E-state index contributed by atoms with van der Waals surface area (Å²) in [6, 6.07) is 0. The van der Waals surface area contributed by atoms with Gasteiger partial charge in [0.1, 0.15) is 0 Å². The SMILES string of the molecule is O=C(Cc1nc(CSC2CCCCC2)no1)C(F)F. The highest BCUT2D eigenvalue weighted by atomic mass is 32.2. The van der Waals surface area contributed by atoms with Crippen molar-refractivity contribution in [1.82, 2.24) is 10.1 Å². The van der Waals surface area contributed by atoms with Crippen molar-refractivity contribution in [3.05, 3.63) is 11.7 Å². The van der Waals surface area contributed by atoms with Gasteiger partial charge < -0.3 is 4.52 Å². The molecule has 0 spiro atoms. The zero-order valence-corrected chi connectivity index (χ0v) is 11.3. The molecule has 0 saturated heterocycles. The number of rotatable bonds is 6. The number of hydrogen-bond acceptors (Lipinski definition) is 5. The van der Waals surface area contributed by atoms with Crippen molar-refractivity contribution >= 4 is 17.5 Å². The maximum Gasteiger partial charge on any atom is 0.296 e. The van der Waals surface area contributed by atoms with Crippen LogP contribution < -0.4 is 0 Å². The largest absolute Gasteiger partial charge is 0.339 e. The van der Waals surface area contributed by atoms with E-state index in [0.717, 1.165) is 0 Å². The Balaban J connectivity index is 1.78. The fourth-order valence-corrected chi connectivity index (χ4v) is 3.24. The van der Waals surface area contributed by atoms with Crippen molar-refractivity contribution in [2.24, 2.45) is 0 Å². The van der Waals surface area contributed by atoms with E-state index in [1.807, 2.05) is 0 Å². The average molecular weight is 290 g/mol. The van der Waals surface area contributed by atoms with Gasteiger partial charge in [-0.25, -0.2) is 8.78 Å². The van der Waals surface area contributed by atoms with Crippen molar-refractivity contribution < 1.29 is 18.1 Å². The van der Waals surface area contributed by atoms with E-state index in [1.165, 1.54) is 32.1 Å². The minimum Gasteiger partial charge on any atom is -0.339 e. The summed E-state index contributed by atoms with van der Waals surface area (Å²) in [6.45, 7) is 0. The Kier molecular flexibility index (Phi) is 5.30. The van der Waals surface area contributed by atoms with Crippen LogP contribution in [0, 0.1) is 0 Å². The molecule has 1 aromatic rings. The third-order valence-electron chi connectivity index (χ3n) is 3.08. The summed E-state index contributed by atoms with van der Waals surface area (Å²) in [5.74, 6) is -0.121. The second-order valence-corrected chi connectivity index (χ2v) is 5.91. The van der Waals surface area contributed by atoms with Crippen LogP contribution in [0.2, 0.25) is 0 Å². The number of carbonyl (C=O) groups is 1. The number of thioether (sulfide) groups is 1. The van der Waals surface area contributed by atoms with Gasteiger partial charge in [0.05, 0.1) is 12.2 Å². The predicted molar refractivity (Wildman–Crippen MR) is 67.2 cm³/mol. The number of carbonyl (C=O) groups excluding carboxylic acids is 1. The normalized spacial score (nSPS) is 17.0. The topological polar surface area (TPSA) is 56.0 Å². The fraction of sp³-hybridized carbons (Fsp3) is 0.750. The summed E-state index contributed by atoms with van der Waals surface area (Å²) in [4.78, 5) is 14.8. The number of aromatic nitrogens is 2. The summed E-state index contributed by atoms with van der Waals surface area (Å²) < 4.78 is 28.9. The predicted octanol–water partition coefficient (Wildman–Crippen LogP) is 3.01. The van der Waals surface area contributed by atoms with Gasteiger partial charge in [0.25, 0.3) is 6.43 Å². The van der Waals surface area contributed by atoms with E-state index in [0.29, 0.717) is 16.8 Å². The average Bonchev–Trinajstić information content (AvgIpc) is 2.85. The zero-order chi connectivity index (χ0) is 13.7. The monoisotopic (exact) mass is 290 g/mol. The van der Waals surface area contributed by atoms with Gasteiger partial charge >= 0.3 is 0 Å². The van der Waals surface area contributed by atoms with E-state index < -0.39 is 18.6 Å². The van der Waals surface area contributed by atoms with E-state index in [1.54, 1.807) is 11.8 Å². The number of nitrogens with zero attached hydrogens (tertiary/aromatic N) is 2. The van der Waals surface area contributed by atoms with E-state index in [9.17, 15) is 13.6 Å². The Hall–Kier alpha value is -0.980. The summed E-state index contributed by atoms with van der Waals surface area (Å²) in [5.41, 5.74) is 0. The molecule has 0 bridgehead atoms. The molecule has 1 aliphatic rings. The molecule has 0 unspecified atom stereocenters. The van der Waals surface area contributed by atoms with Gasteiger partial charge in [-0.2, -0.15) is 16.7 Å². The second-order valence-electron chi connectivity index (χ2n) is 4.62. The molecular weight excluding hydrogens is 274 g/mol. The lowest BCUT2D eigenvalue weighted by molar-refractivity contribution is -0.129. The molecule has 19 heavy (non-hydrogen) atoms. The molecule has 0 aromatic carbocycles. The highest BCUT2D eigenvalue weighted by Gasteiger charge is 2.20. The van der Waals surface area contributed by atoms with Crippen LogP contribution >= 0.6 is 11.8 Å². The minimum absolute atomic E-state index is 0.0236. The van der Waals surface area contributed by atoms with Gasteiger partial charge in [-0.05, 0) is 12.8 Å². The van der Waals surface area contributed by atoms with Crippen LogP contribution in [0.5, 0.6) is 0 Å². The van der Waals surface area contributed by atoms with Crippen LogP contribution in [0.4, 0.5) is 8.78 Å². The van der Waals surface area contributed by atoms with Crippen molar-refractivity contribution in [1.29, 1.82) is 0 Å². The third kappa shape index (κ3) is 4.56. The van der Waals surface area contributed by atoms with E-state index in [2.05, 4.69) is 10.1 Å². The second kappa shape index (κ2) is 6.98. The standard InChI is InChI=1S/C12H16F2N2O2S/c13-12(14)9(17)6-11-15-10(16-18-11)7-19-8-4-2-1-3-5-8/h8,12H,1-7H2. The lowest BCUT2D eigenvalue weighted by Crippen LogP contribution is -2.13. The molecular formula is C12H16F2N2O2S. The van der Waals surface area contributed by atoms with Crippen LogP contribution in [0.1, 0.15) is 43.8 Å². The van der Waals surface area contributed by atoms with Crippen molar-refractivity contribution in [3.63, 3.8) is 0 Å². The molecule has 1 fully saturated rings. The lowest BCUT2D eigenvalue weighted by atomic mass is 10.0. The molecule has 0 amide bonds. The zero-order valence-electron chi connectivity index (χ0n) is 10.5. The number of ketones is 1. The molecule has 1 aromatic heterocycles. The Bertz CT molecular complexity index is 420. The van der Waals surface area contributed by atoms with Crippen LogP contribution in [0.15, 0.2) is 4.52 Å². The van der Waals surface area contributed by atoms with Gasteiger partial charge in [0.2, 0.25) is 11.7 Å². The van der Waals surface area contributed by atoms with Gasteiger partial charge in [0.15, 0.2) is 5.82 Å². The Morgan fingerprint density at radius 2 is 2.11 bits per heavy atom. The Labute approximate surface area is 114 Å². The van der Waals surface area contributed by atoms with Gasteiger partial charge in [0, 0.05) is 5.25 Å². The summed E-state index contributed by atoms with van der Waals surface area (Å²) in [6.07, 6.45) is 2.78. The van der Waals surface area contributed by atoms with E-state index in [4.69, 9.17) is 4.52 Å². The van der Waals surface area contributed by atoms with E-state index in [-0.39, 0.29) is 5.89 Å². The van der Waals surface area contributed by atoms with Crippen LogP contribution in [-0.4, -0.2) is 27.6 Å². The molecule has 0 atom stereocenters. The molecule has 106 valence electrons. The van der Waals surface area contributed by atoms with Crippen molar-refractivity contribution in [3.8, 4) is 0 Å². The maximum absolute atomic E-state index is 12.1. The first-order chi connectivity index (χ1) is 9.15. The first-order valence-corrected chi connectivity index (χ1v) is 7.44. The van der Waals surface area contributed by atoms with Gasteiger partial charge in [-0.15, -0.1) is 0 Å². The molecule has 7 heteroatoms. The Morgan fingerprint density at radius 3 is 2.79 bits per heavy atom. The molecule has 1 saturated carbocycles. The van der Waals surface area contributed by atoms with Gasteiger partial charge in [-0.1, -0.05) is 24.4 Å². The molecule has 0 aliphatic heterocycles. The minimum atomic E-state index is -2.98. The molecule has 2 rings (SSSR count). The number of Topliss-reactive ketones (excluding diaryl/α,β-unsaturated/α-hetero) is 1. The van der Waals surface area contributed by atoms with Crippen LogP contribution in [0.25, 0.3) is 0 Å². The van der Waals surface area contributed by atoms with Crippen molar-refractivity contribution in [2.75, 3.05) is 0 Å². The molecule has 1 aliphatic carbocycles. The molecule has 1 heterocycles. The molecule has 0 radical (unpaired) electrons. The van der Waals surface area contributed by atoms with Crippen molar-refractivity contribution in [2.45, 2.75) is 56.0 Å². The maximum atomic E-state index is 12.1. The molecule has 4 nitrogen and oxygen atoms in total. The highest BCUT2D eigenvalue weighted by Crippen LogP contribution is 2.29. The van der Waals surface area contributed by atoms with Crippen LogP contribution in [-0.2, 0) is 17.0 Å². The third-order valence-corrected chi connectivity index (χ3v) is 4.45. The number of alkyl halides is 2. The summed E-state index contributed by atoms with van der Waals surface area (Å²) in [7, 11) is 0. The van der Waals surface area contributed by atoms with Crippen LogP contribution in [0.3, 0.4) is 0 Å². The smallest absolute Gasteiger partial charge is 0.296 e. The Morgan fingerprint density at radius 1 is 1.37 bits per heavy atom. The quantitative estimate of drug-likeness (QED) is 0.806. The lowest BCUT2D eigenvalue weighted by Gasteiger charge is -2.19. The summed E-state index contributed by atoms with van der Waals surface area (Å²) >= 11 is 1.77. The van der Waals surface area contributed by atoms with Gasteiger partial charge in [-0.3, -0.25) is 4.79 Å². The highest BCUT2D eigenvalue weighted by molar-refractivity contribution is 7.99. The first-order valence-electron chi connectivity index (χ1n) is 6.39. The first kappa shape index (κ1) is 14.4.